The molecule has 1 fully saturated rings. The average molecular weight is 263 g/mol. The molecular formula is C15H21NO3. The molecule has 1 saturated carbocycles. The topological polar surface area (TPSA) is 58.6 Å². The molecular weight excluding hydrogens is 242 g/mol. The number of carbonyl (C=O) groups is 1. The predicted octanol–water partition coefficient (Wildman–Crippen LogP) is 1.98. The Hall–Kier alpha value is -1.55. The molecule has 19 heavy (non-hydrogen) atoms. The van der Waals surface area contributed by atoms with Gasteiger partial charge in [-0.25, -0.2) is 0 Å². The van der Waals surface area contributed by atoms with E-state index in [4.69, 9.17) is 4.74 Å². The number of ether oxygens (including phenoxy) is 1. The molecule has 2 rings (SSSR count). The zero-order valence-corrected chi connectivity index (χ0v) is 11.5. The van der Waals surface area contributed by atoms with Crippen LogP contribution in [-0.4, -0.2) is 29.8 Å². The Bertz CT molecular complexity index is 435. The molecule has 1 aromatic rings. The molecule has 4 nitrogen and oxygen atoms in total. The predicted molar refractivity (Wildman–Crippen MR) is 73.3 cm³/mol. The SMILES string of the molecule is CC(C)COc1ccc(C(=O)NC2(CO)CC2)cc1. The monoisotopic (exact) mass is 263 g/mol. The first-order valence-electron chi connectivity index (χ1n) is 6.71. The summed E-state index contributed by atoms with van der Waals surface area (Å²) in [7, 11) is 0. The van der Waals surface area contributed by atoms with Crippen LogP contribution in [0.25, 0.3) is 0 Å². The van der Waals surface area contributed by atoms with Crippen molar-refractivity contribution in [1.29, 1.82) is 0 Å². The second-order valence-electron chi connectivity index (χ2n) is 5.62. The third-order valence-corrected chi connectivity index (χ3v) is 3.23. The van der Waals surface area contributed by atoms with Gasteiger partial charge in [-0.2, -0.15) is 0 Å². The highest BCUT2D eigenvalue weighted by Gasteiger charge is 2.43. The van der Waals surface area contributed by atoms with E-state index in [1.54, 1.807) is 24.3 Å². The summed E-state index contributed by atoms with van der Waals surface area (Å²) < 4.78 is 5.56. The van der Waals surface area contributed by atoms with E-state index < -0.39 is 0 Å². The number of nitrogens with one attached hydrogen (secondary N) is 1. The van der Waals surface area contributed by atoms with Gasteiger partial charge in [0, 0.05) is 5.56 Å². The number of hydrogen-bond acceptors (Lipinski definition) is 3. The van der Waals surface area contributed by atoms with Crippen LogP contribution in [0, 0.1) is 5.92 Å². The molecule has 0 heterocycles. The van der Waals surface area contributed by atoms with Gasteiger partial charge in [0.2, 0.25) is 0 Å². The molecule has 0 bridgehead atoms. The van der Waals surface area contributed by atoms with Gasteiger partial charge < -0.3 is 15.2 Å². The van der Waals surface area contributed by atoms with Crippen molar-refractivity contribution >= 4 is 5.91 Å². The van der Waals surface area contributed by atoms with Gasteiger partial charge in [0.25, 0.3) is 5.91 Å². The quantitative estimate of drug-likeness (QED) is 0.825. The number of amides is 1. The standard InChI is InChI=1S/C15H21NO3/c1-11(2)9-19-13-5-3-12(4-6-13)14(18)16-15(10-17)7-8-15/h3-6,11,17H,7-10H2,1-2H3,(H,16,18). The largest absolute Gasteiger partial charge is 0.493 e. The molecule has 0 radical (unpaired) electrons. The Morgan fingerprint density at radius 2 is 2.00 bits per heavy atom. The number of rotatable bonds is 6. The first-order chi connectivity index (χ1) is 9.04. The highest BCUT2D eigenvalue weighted by Crippen LogP contribution is 2.34. The summed E-state index contributed by atoms with van der Waals surface area (Å²) in [6.07, 6.45) is 1.70. The Kier molecular flexibility index (Phi) is 4.10. The highest BCUT2D eigenvalue weighted by atomic mass is 16.5. The fourth-order valence-corrected chi connectivity index (χ4v) is 1.75. The minimum Gasteiger partial charge on any atom is -0.493 e. The van der Waals surface area contributed by atoms with Crippen molar-refractivity contribution in [2.24, 2.45) is 5.92 Å². The van der Waals surface area contributed by atoms with E-state index in [-0.39, 0.29) is 18.1 Å². The van der Waals surface area contributed by atoms with Gasteiger partial charge in [0.15, 0.2) is 0 Å². The Morgan fingerprint density at radius 1 is 1.37 bits per heavy atom. The van der Waals surface area contributed by atoms with Gasteiger partial charge in [0.1, 0.15) is 5.75 Å². The van der Waals surface area contributed by atoms with Crippen molar-refractivity contribution < 1.29 is 14.6 Å². The van der Waals surface area contributed by atoms with Gasteiger partial charge in [0.05, 0.1) is 18.8 Å². The van der Waals surface area contributed by atoms with E-state index in [1.807, 2.05) is 0 Å². The summed E-state index contributed by atoms with van der Waals surface area (Å²) in [6.45, 7) is 4.85. The van der Waals surface area contributed by atoms with Crippen LogP contribution in [0.3, 0.4) is 0 Å². The third kappa shape index (κ3) is 3.70. The normalized spacial score (nSPS) is 16.2. The number of aliphatic hydroxyl groups is 1. The molecule has 1 aromatic carbocycles. The maximum Gasteiger partial charge on any atom is 0.251 e. The van der Waals surface area contributed by atoms with E-state index in [0.717, 1.165) is 18.6 Å². The molecule has 0 spiro atoms. The summed E-state index contributed by atoms with van der Waals surface area (Å²) in [5.41, 5.74) is 0.223. The fraction of sp³-hybridized carbons (Fsp3) is 0.533. The Balaban J connectivity index is 1.92. The molecule has 0 saturated heterocycles. The molecule has 1 aliphatic rings. The Morgan fingerprint density at radius 3 is 2.47 bits per heavy atom. The minimum atomic E-state index is -0.371. The zero-order chi connectivity index (χ0) is 13.9. The summed E-state index contributed by atoms with van der Waals surface area (Å²) in [5, 5.41) is 12.1. The lowest BCUT2D eigenvalue weighted by Crippen LogP contribution is -2.39. The van der Waals surface area contributed by atoms with E-state index in [2.05, 4.69) is 19.2 Å². The summed E-state index contributed by atoms with van der Waals surface area (Å²) in [6, 6.07) is 7.10. The third-order valence-electron chi connectivity index (χ3n) is 3.23. The lowest BCUT2D eigenvalue weighted by molar-refractivity contribution is 0.0906. The summed E-state index contributed by atoms with van der Waals surface area (Å²) >= 11 is 0. The van der Waals surface area contributed by atoms with Crippen LogP contribution < -0.4 is 10.1 Å². The van der Waals surface area contributed by atoms with Crippen LogP contribution in [0.15, 0.2) is 24.3 Å². The van der Waals surface area contributed by atoms with Gasteiger partial charge in [-0.05, 0) is 43.0 Å². The fourth-order valence-electron chi connectivity index (χ4n) is 1.75. The van der Waals surface area contributed by atoms with Crippen LogP contribution in [0.4, 0.5) is 0 Å². The van der Waals surface area contributed by atoms with E-state index in [1.165, 1.54) is 0 Å². The number of carbonyl (C=O) groups excluding carboxylic acids is 1. The molecule has 0 aliphatic heterocycles. The van der Waals surface area contributed by atoms with Gasteiger partial charge in [-0.15, -0.1) is 0 Å². The summed E-state index contributed by atoms with van der Waals surface area (Å²) in [4.78, 5) is 12.0. The van der Waals surface area contributed by atoms with Crippen LogP contribution >= 0.6 is 0 Å². The Labute approximate surface area is 113 Å². The van der Waals surface area contributed by atoms with E-state index >= 15 is 0 Å². The van der Waals surface area contributed by atoms with Gasteiger partial charge >= 0.3 is 0 Å². The lowest BCUT2D eigenvalue weighted by Gasteiger charge is -2.14. The maximum atomic E-state index is 12.0. The maximum absolute atomic E-state index is 12.0. The van der Waals surface area contributed by atoms with Crippen molar-refractivity contribution in [2.75, 3.05) is 13.2 Å². The second-order valence-corrected chi connectivity index (χ2v) is 5.62. The van der Waals surface area contributed by atoms with E-state index in [9.17, 15) is 9.90 Å². The van der Waals surface area contributed by atoms with Crippen LogP contribution in [0.5, 0.6) is 5.75 Å². The molecule has 2 N–H and O–H groups in total. The second kappa shape index (κ2) is 5.61. The van der Waals surface area contributed by atoms with Crippen molar-refractivity contribution in [1.82, 2.24) is 5.32 Å². The molecule has 0 unspecified atom stereocenters. The average Bonchev–Trinajstić information content (AvgIpc) is 3.17. The van der Waals surface area contributed by atoms with Crippen molar-refractivity contribution in [3.8, 4) is 5.75 Å². The van der Waals surface area contributed by atoms with Crippen molar-refractivity contribution in [3.05, 3.63) is 29.8 Å². The smallest absolute Gasteiger partial charge is 0.251 e. The van der Waals surface area contributed by atoms with Gasteiger partial charge in [-0.3, -0.25) is 4.79 Å². The number of hydrogen-bond donors (Lipinski definition) is 2. The highest BCUT2D eigenvalue weighted by molar-refractivity contribution is 5.95. The van der Waals surface area contributed by atoms with Crippen LogP contribution in [0.1, 0.15) is 37.0 Å². The summed E-state index contributed by atoms with van der Waals surface area (Å²) in [5.74, 6) is 1.11. The first-order valence-corrected chi connectivity index (χ1v) is 6.71. The number of aliphatic hydroxyl groups excluding tert-OH is 1. The molecule has 104 valence electrons. The molecule has 1 amide bonds. The molecule has 0 atom stereocenters. The lowest BCUT2D eigenvalue weighted by atomic mass is 10.2. The van der Waals surface area contributed by atoms with E-state index in [0.29, 0.717) is 18.1 Å². The van der Waals surface area contributed by atoms with Crippen molar-refractivity contribution in [2.45, 2.75) is 32.2 Å². The molecule has 4 heteroatoms. The number of benzene rings is 1. The zero-order valence-electron chi connectivity index (χ0n) is 11.5. The first kappa shape index (κ1) is 13.9. The van der Waals surface area contributed by atoms with Crippen LogP contribution in [0.2, 0.25) is 0 Å². The minimum absolute atomic E-state index is 0.00826. The van der Waals surface area contributed by atoms with Gasteiger partial charge in [-0.1, -0.05) is 13.8 Å². The molecule has 1 aliphatic carbocycles. The van der Waals surface area contributed by atoms with Crippen LogP contribution in [-0.2, 0) is 0 Å². The molecule has 0 aromatic heterocycles. The van der Waals surface area contributed by atoms with Crippen molar-refractivity contribution in [3.63, 3.8) is 0 Å².